The smallest absolute Gasteiger partial charge is 0.220 e. The van der Waals surface area contributed by atoms with Crippen LogP contribution in [0, 0.1) is 5.92 Å². The SMILES string of the molecule is CCN1CCC(CC(=O)NC(C)c2nncn2C)CC1. The lowest BCUT2D eigenvalue weighted by Crippen LogP contribution is -2.36. The zero-order valence-corrected chi connectivity index (χ0v) is 12.7. The van der Waals surface area contributed by atoms with Crippen LogP contribution in [0.4, 0.5) is 0 Å². The number of nitrogens with zero attached hydrogens (tertiary/aromatic N) is 4. The summed E-state index contributed by atoms with van der Waals surface area (Å²) in [6.45, 7) is 7.49. The summed E-state index contributed by atoms with van der Waals surface area (Å²) < 4.78 is 1.84. The Morgan fingerprint density at radius 1 is 1.50 bits per heavy atom. The van der Waals surface area contributed by atoms with Crippen LogP contribution >= 0.6 is 0 Å². The van der Waals surface area contributed by atoms with Gasteiger partial charge in [0.15, 0.2) is 5.82 Å². The van der Waals surface area contributed by atoms with Gasteiger partial charge in [-0.1, -0.05) is 6.92 Å². The van der Waals surface area contributed by atoms with Gasteiger partial charge in [-0.05, 0) is 45.3 Å². The van der Waals surface area contributed by atoms with E-state index in [-0.39, 0.29) is 11.9 Å². The third kappa shape index (κ3) is 3.79. The van der Waals surface area contributed by atoms with Crippen molar-refractivity contribution in [3.63, 3.8) is 0 Å². The number of likely N-dealkylation sites (tertiary alicyclic amines) is 1. The van der Waals surface area contributed by atoms with E-state index in [0.29, 0.717) is 12.3 Å². The lowest BCUT2D eigenvalue weighted by molar-refractivity contribution is -0.123. The Balaban J connectivity index is 1.77. The van der Waals surface area contributed by atoms with Crippen LogP contribution in [-0.4, -0.2) is 45.2 Å². The highest BCUT2D eigenvalue weighted by molar-refractivity contribution is 5.76. The van der Waals surface area contributed by atoms with Gasteiger partial charge in [0.1, 0.15) is 6.33 Å². The van der Waals surface area contributed by atoms with Crippen LogP contribution in [0.2, 0.25) is 0 Å². The molecule has 0 aromatic carbocycles. The third-order valence-corrected chi connectivity index (χ3v) is 4.14. The Labute approximate surface area is 120 Å². The minimum Gasteiger partial charge on any atom is -0.346 e. The van der Waals surface area contributed by atoms with Gasteiger partial charge in [-0.25, -0.2) is 0 Å². The quantitative estimate of drug-likeness (QED) is 0.877. The Bertz CT molecular complexity index is 437. The topological polar surface area (TPSA) is 63.1 Å². The first kappa shape index (κ1) is 15.0. The van der Waals surface area contributed by atoms with Crippen molar-refractivity contribution in [2.24, 2.45) is 13.0 Å². The first-order valence-corrected chi connectivity index (χ1v) is 7.45. The van der Waals surface area contributed by atoms with Gasteiger partial charge in [0.05, 0.1) is 6.04 Å². The average molecular weight is 279 g/mol. The summed E-state index contributed by atoms with van der Waals surface area (Å²) >= 11 is 0. The molecule has 0 spiro atoms. The average Bonchev–Trinajstić information content (AvgIpc) is 2.86. The van der Waals surface area contributed by atoms with Gasteiger partial charge in [0, 0.05) is 13.5 Å². The van der Waals surface area contributed by atoms with Crippen LogP contribution in [-0.2, 0) is 11.8 Å². The first-order chi connectivity index (χ1) is 9.60. The molecule has 0 bridgehead atoms. The van der Waals surface area contributed by atoms with E-state index in [2.05, 4.69) is 27.3 Å². The van der Waals surface area contributed by atoms with E-state index in [1.807, 2.05) is 18.5 Å². The van der Waals surface area contributed by atoms with Crippen LogP contribution in [0.1, 0.15) is 45.0 Å². The molecule has 1 aliphatic heterocycles. The molecule has 1 saturated heterocycles. The fraction of sp³-hybridized carbons (Fsp3) is 0.786. The molecule has 112 valence electrons. The monoisotopic (exact) mass is 279 g/mol. The van der Waals surface area contributed by atoms with Crippen molar-refractivity contribution in [3.8, 4) is 0 Å². The number of rotatable bonds is 5. The molecule has 1 aromatic rings. The number of aromatic nitrogens is 3. The maximum absolute atomic E-state index is 12.1. The molecule has 1 aromatic heterocycles. The molecule has 1 aliphatic rings. The molecular formula is C14H25N5O. The van der Waals surface area contributed by atoms with Crippen molar-refractivity contribution >= 4 is 5.91 Å². The molecule has 6 nitrogen and oxygen atoms in total. The molecule has 6 heteroatoms. The maximum Gasteiger partial charge on any atom is 0.220 e. The number of aryl methyl sites for hydroxylation is 1. The Morgan fingerprint density at radius 3 is 2.75 bits per heavy atom. The molecule has 1 N–H and O–H groups in total. The lowest BCUT2D eigenvalue weighted by atomic mass is 9.93. The summed E-state index contributed by atoms with van der Waals surface area (Å²) in [4.78, 5) is 14.5. The zero-order chi connectivity index (χ0) is 14.5. The van der Waals surface area contributed by atoms with Crippen molar-refractivity contribution in [1.82, 2.24) is 25.0 Å². The first-order valence-electron chi connectivity index (χ1n) is 7.45. The number of carbonyl (C=O) groups excluding carboxylic acids is 1. The summed E-state index contributed by atoms with van der Waals surface area (Å²) in [6, 6.07) is -0.0919. The predicted molar refractivity (Wildman–Crippen MR) is 77.0 cm³/mol. The number of amides is 1. The van der Waals surface area contributed by atoms with Gasteiger partial charge < -0.3 is 14.8 Å². The summed E-state index contributed by atoms with van der Waals surface area (Å²) in [5.74, 6) is 1.43. The highest BCUT2D eigenvalue weighted by atomic mass is 16.1. The molecular weight excluding hydrogens is 254 g/mol. The summed E-state index contributed by atoms with van der Waals surface area (Å²) in [5, 5.41) is 10.9. The van der Waals surface area contributed by atoms with E-state index in [9.17, 15) is 4.79 Å². The predicted octanol–water partition coefficient (Wildman–Crippen LogP) is 1.11. The van der Waals surface area contributed by atoms with Crippen molar-refractivity contribution in [3.05, 3.63) is 12.2 Å². The molecule has 1 atom stereocenters. The van der Waals surface area contributed by atoms with E-state index in [4.69, 9.17) is 0 Å². The highest BCUT2D eigenvalue weighted by Gasteiger charge is 2.22. The zero-order valence-electron chi connectivity index (χ0n) is 12.7. The molecule has 0 radical (unpaired) electrons. The second kappa shape index (κ2) is 6.83. The maximum atomic E-state index is 12.1. The summed E-state index contributed by atoms with van der Waals surface area (Å²) in [7, 11) is 1.89. The molecule has 1 amide bonds. The number of nitrogens with one attached hydrogen (secondary N) is 1. The Morgan fingerprint density at radius 2 is 2.20 bits per heavy atom. The summed E-state index contributed by atoms with van der Waals surface area (Å²) in [6.07, 6.45) is 4.53. The molecule has 1 fully saturated rings. The van der Waals surface area contributed by atoms with E-state index >= 15 is 0 Å². The van der Waals surface area contributed by atoms with Gasteiger partial charge in [-0.3, -0.25) is 4.79 Å². The van der Waals surface area contributed by atoms with Crippen LogP contribution in [0.15, 0.2) is 6.33 Å². The molecule has 1 unspecified atom stereocenters. The number of carbonyl (C=O) groups is 1. The van der Waals surface area contributed by atoms with Crippen LogP contribution < -0.4 is 5.32 Å². The highest BCUT2D eigenvalue weighted by Crippen LogP contribution is 2.20. The van der Waals surface area contributed by atoms with Gasteiger partial charge in [0.25, 0.3) is 0 Å². The lowest BCUT2D eigenvalue weighted by Gasteiger charge is -2.30. The Kier molecular flexibility index (Phi) is 5.11. The van der Waals surface area contributed by atoms with E-state index < -0.39 is 0 Å². The summed E-state index contributed by atoms with van der Waals surface area (Å²) in [5.41, 5.74) is 0. The van der Waals surface area contributed by atoms with Crippen molar-refractivity contribution < 1.29 is 4.79 Å². The van der Waals surface area contributed by atoms with Gasteiger partial charge in [-0.2, -0.15) is 0 Å². The Hall–Kier alpha value is -1.43. The molecule has 2 rings (SSSR count). The fourth-order valence-electron chi connectivity index (χ4n) is 2.82. The van der Waals surface area contributed by atoms with Crippen molar-refractivity contribution in [1.29, 1.82) is 0 Å². The molecule has 0 saturated carbocycles. The van der Waals surface area contributed by atoms with Gasteiger partial charge in [0.2, 0.25) is 5.91 Å². The van der Waals surface area contributed by atoms with E-state index in [0.717, 1.165) is 38.3 Å². The second-order valence-electron chi connectivity index (χ2n) is 5.67. The largest absolute Gasteiger partial charge is 0.346 e. The van der Waals surface area contributed by atoms with E-state index in [1.54, 1.807) is 6.33 Å². The van der Waals surface area contributed by atoms with Gasteiger partial charge >= 0.3 is 0 Å². The normalized spacial score (nSPS) is 18.9. The molecule has 0 aliphatic carbocycles. The molecule has 20 heavy (non-hydrogen) atoms. The standard InChI is InChI=1S/C14H25N5O/c1-4-19-7-5-12(6-8-19)9-13(20)16-11(2)14-17-15-10-18(14)3/h10-12H,4-9H2,1-3H3,(H,16,20). The van der Waals surface area contributed by atoms with E-state index in [1.165, 1.54) is 0 Å². The van der Waals surface area contributed by atoms with Crippen LogP contribution in [0.25, 0.3) is 0 Å². The van der Waals surface area contributed by atoms with Crippen LogP contribution in [0.5, 0.6) is 0 Å². The fourth-order valence-corrected chi connectivity index (χ4v) is 2.82. The number of hydrogen-bond acceptors (Lipinski definition) is 4. The minimum absolute atomic E-state index is 0.0919. The van der Waals surface area contributed by atoms with Crippen molar-refractivity contribution in [2.45, 2.75) is 39.2 Å². The third-order valence-electron chi connectivity index (χ3n) is 4.14. The minimum atomic E-state index is -0.0919. The molecule has 2 heterocycles. The number of piperidine rings is 1. The second-order valence-corrected chi connectivity index (χ2v) is 5.67. The van der Waals surface area contributed by atoms with Crippen LogP contribution in [0.3, 0.4) is 0 Å². The van der Waals surface area contributed by atoms with Crippen molar-refractivity contribution in [2.75, 3.05) is 19.6 Å². The number of hydrogen-bond donors (Lipinski definition) is 1. The van der Waals surface area contributed by atoms with Gasteiger partial charge in [-0.15, -0.1) is 10.2 Å².